The standard InChI is InChI=1S/C28H38N4O4S/c1-28(2,21-36-3)31-18-16-30(17-19-31)20-22-4-6-23(7-5-22)24-8-10-26(11-9-24)37(35)32-14-12-25(13-15-32)27(33)29-34/h4-12,34H,13-21H2,1-3H3,(H,29,33). The summed E-state index contributed by atoms with van der Waals surface area (Å²) < 4.78 is 20.2. The van der Waals surface area contributed by atoms with Gasteiger partial charge in [-0.15, -0.1) is 0 Å². The van der Waals surface area contributed by atoms with Gasteiger partial charge in [0.05, 0.1) is 11.5 Å². The Labute approximate surface area is 222 Å². The van der Waals surface area contributed by atoms with Crippen LogP contribution in [0, 0.1) is 0 Å². The van der Waals surface area contributed by atoms with Crippen molar-refractivity contribution in [2.24, 2.45) is 0 Å². The minimum Gasteiger partial charge on any atom is -0.383 e. The molecule has 2 N–H and O–H groups in total. The van der Waals surface area contributed by atoms with Crippen LogP contribution in [0.1, 0.15) is 25.8 Å². The molecule has 0 aliphatic carbocycles. The van der Waals surface area contributed by atoms with E-state index in [0.29, 0.717) is 25.1 Å². The fourth-order valence-corrected chi connectivity index (χ4v) is 6.14. The molecule has 1 unspecified atom stereocenters. The van der Waals surface area contributed by atoms with Crippen molar-refractivity contribution >= 4 is 16.9 Å². The van der Waals surface area contributed by atoms with Gasteiger partial charge in [-0.2, -0.15) is 0 Å². The van der Waals surface area contributed by atoms with Gasteiger partial charge >= 0.3 is 0 Å². The van der Waals surface area contributed by atoms with E-state index in [0.717, 1.165) is 55.4 Å². The molecule has 8 nitrogen and oxygen atoms in total. The molecule has 0 spiro atoms. The molecule has 2 aliphatic rings. The number of rotatable bonds is 9. The highest BCUT2D eigenvalue weighted by Gasteiger charge is 2.29. The number of amides is 1. The van der Waals surface area contributed by atoms with E-state index >= 15 is 0 Å². The fourth-order valence-electron chi connectivity index (χ4n) is 5.01. The lowest BCUT2D eigenvalue weighted by Crippen LogP contribution is -2.56. The Morgan fingerprint density at radius 3 is 2.16 bits per heavy atom. The van der Waals surface area contributed by atoms with Crippen LogP contribution < -0.4 is 5.48 Å². The van der Waals surface area contributed by atoms with Crippen molar-refractivity contribution in [2.75, 3.05) is 53.0 Å². The van der Waals surface area contributed by atoms with Crippen molar-refractivity contribution in [3.8, 4) is 11.1 Å². The third-order valence-corrected chi connectivity index (χ3v) is 8.75. The van der Waals surface area contributed by atoms with E-state index in [2.05, 4.69) is 47.9 Å². The summed E-state index contributed by atoms with van der Waals surface area (Å²) in [6.07, 6.45) is 2.16. The molecule has 2 aromatic rings. The van der Waals surface area contributed by atoms with E-state index in [1.54, 1.807) is 18.7 Å². The van der Waals surface area contributed by atoms with E-state index < -0.39 is 16.9 Å². The third-order valence-electron chi connectivity index (χ3n) is 7.27. The zero-order valence-electron chi connectivity index (χ0n) is 22.0. The number of piperazine rings is 1. The first-order valence-corrected chi connectivity index (χ1v) is 13.9. The van der Waals surface area contributed by atoms with Crippen molar-refractivity contribution in [3.05, 3.63) is 65.7 Å². The normalized spacial score (nSPS) is 18.9. The Morgan fingerprint density at radius 2 is 1.62 bits per heavy atom. The van der Waals surface area contributed by atoms with Gasteiger partial charge in [0, 0.05) is 64.0 Å². The number of benzene rings is 2. The zero-order chi connectivity index (χ0) is 26.4. The minimum absolute atomic E-state index is 0.0669. The molecular formula is C28H38N4O4S. The van der Waals surface area contributed by atoms with Gasteiger partial charge < -0.3 is 4.74 Å². The number of carbonyl (C=O) groups is 1. The predicted molar refractivity (Wildman–Crippen MR) is 145 cm³/mol. The molecule has 0 bridgehead atoms. The van der Waals surface area contributed by atoms with Crippen molar-refractivity contribution in [1.29, 1.82) is 0 Å². The molecule has 200 valence electrons. The zero-order valence-corrected chi connectivity index (χ0v) is 22.8. The average Bonchev–Trinajstić information content (AvgIpc) is 2.93. The molecule has 0 saturated carbocycles. The third kappa shape index (κ3) is 6.93. The number of methoxy groups -OCH3 is 1. The first-order chi connectivity index (χ1) is 17.8. The summed E-state index contributed by atoms with van der Waals surface area (Å²) in [7, 11) is 0.464. The molecule has 37 heavy (non-hydrogen) atoms. The first kappa shape index (κ1) is 27.6. The molecule has 0 radical (unpaired) electrons. The smallest absolute Gasteiger partial charge is 0.270 e. The number of nitrogens with zero attached hydrogens (tertiary/aromatic N) is 3. The molecule has 1 fully saturated rings. The van der Waals surface area contributed by atoms with Crippen LogP contribution in [0.5, 0.6) is 0 Å². The Kier molecular flexibility index (Phi) is 9.28. The van der Waals surface area contributed by atoms with Gasteiger partial charge in [0.15, 0.2) is 0 Å². The Hall–Kier alpha value is -2.40. The first-order valence-electron chi connectivity index (χ1n) is 12.8. The van der Waals surface area contributed by atoms with Crippen LogP contribution in [-0.4, -0.2) is 88.0 Å². The van der Waals surface area contributed by atoms with Gasteiger partial charge in [-0.25, -0.2) is 14.0 Å². The lowest BCUT2D eigenvalue weighted by Gasteiger charge is -2.43. The maximum absolute atomic E-state index is 13.0. The minimum atomic E-state index is -1.30. The molecule has 2 heterocycles. The molecule has 1 saturated heterocycles. The molecule has 1 atom stereocenters. The number of nitrogens with one attached hydrogen (secondary N) is 1. The second-order valence-electron chi connectivity index (χ2n) is 10.3. The Balaban J connectivity index is 1.30. The molecule has 9 heteroatoms. The van der Waals surface area contributed by atoms with Crippen molar-refractivity contribution in [3.63, 3.8) is 0 Å². The van der Waals surface area contributed by atoms with Crippen LogP contribution >= 0.6 is 0 Å². The van der Waals surface area contributed by atoms with E-state index in [1.807, 2.05) is 28.6 Å². The van der Waals surface area contributed by atoms with Gasteiger partial charge in [0.1, 0.15) is 11.0 Å². The highest BCUT2D eigenvalue weighted by molar-refractivity contribution is 7.82. The summed E-state index contributed by atoms with van der Waals surface area (Å²) in [5.74, 6) is -0.495. The number of hydroxylamine groups is 1. The molecule has 2 aromatic carbocycles. The quantitative estimate of drug-likeness (QED) is 0.386. The van der Waals surface area contributed by atoms with Gasteiger partial charge in [-0.3, -0.25) is 19.8 Å². The molecule has 0 aromatic heterocycles. The predicted octanol–water partition coefficient (Wildman–Crippen LogP) is 3.06. The molecule has 2 aliphatic heterocycles. The van der Waals surface area contributed by atoms with Crippen molar-refractivity contribution in [1.82, 2.24) is 19.6 Å². The van der Waals surface area contributed by atoms with Gasteiger partial charge in [-0.05, 0) is 49.1 Å². The summed E-state index contributed by atoms with van der Waals surface area (Å²) >= 11 is 0. The van der Waals surface area contributed by atoms with Crippen LogP contribution in [0.15, 0.2) is 65.1 Å². The summed E-state index contributed by atoms with van der Waals surface area (Å²) in [4.78, 5) is 17.3. The van der Waals surface area contributed by atoms with Gasteiger partial charge in [0.25, 0.3) is 5.91 Å². The maximum atomic E-state index is 13.0. The molecule has 4 rings (SSSR count). The van der Waals surface area contributed by atoms with Crippen LogP contribution in [0.4, 0.5) is 0 Å². The lowest BCUT2D eigenvalue weighted by atomic mass is 10.0. The second kappa shape index (κ2) is 12.4. The van der Waals surface area contributed by atoms with E-state index in [9.17, 15) is 9.00 Å². The topological polar surface area (TPSA) is 85.4 Å². The van der Waals surface area contributed by atoms with Crippen LogP contribution in [-0.2, 0) is 27.1 Å². The summed E-state index contributed by atoms with van der Waals surface area (Å²) in [5.41, 5.74) is 5.76. The van der Waals surface area contributed by atoms with Crippen molar-refractivity contribution in [2.45, 2.75) is 37.2 Å². The van der Waals surface area contributed by atoms with E-state index in [1.165, 1.54) is 5.56 Å². The summed E-state index contributed by atoms with van der Waals surface area (Å²) in [6.45, 7) is 11.3. The number of hydrogen-bond donors (Lipinski definition) is 2. The molecule has 1 amide bonds. The number of ether oxygens (including phenoxy) is 1. The fraction of sp³-hybridized carbons (Fsp3) is 0.464. The van der Waals surface area contributed by atoms with Crippen LogP contribution in [0.2, 0.25) is 0 Å². The monoisotopic (exact) mass is 526 g/mol. The SMILES string of the molecule is COCC(C)(C)N1CCN(Cc2ccc(-c3ccc(S(=O)N4CC=C(C(=O)NO)CC4)cc3)cc2)CC1. The maximum Gasteiger partial charge on any atom is 0.270 e. The van der Waals surface area contributed by atoms with Crippen LogP contribution in [0.3, 0.4) is 0 Å². The average molecular weight is 527 g/mol. The van der Waals surface area contributed by atoms with Gasteiger partial charge in [-0.1, -0.05) is 42.5 Å². The molecular weight excluding hydrogens is 488 g/mol. The highest BCUT2D eigenvalue weighted by Crippen LogP contribution is 2.24. The summed E-state index contributed by atoms with van der Waals surface area (Å²) in [5, 5.41) is 8.78. The van der Waals surface area contributed by atoms with Crippen LogP contribution in [0.25, 0.3) is 11.1 Å². The van der Waals surface area contributed by atoms with E-state index in [4.69, 9.17) is 9.94 Å². The highest BCUT2D eigenvalue weighted by atomic mass is 32.2. The van der Waals surface area contributed by atoms with E-state index in [-0.39, 0.29) is 5.54 Å². The summed E-state index contributed by atoms with van der Waals surface area (Å²) in [6, 6.07) is 16.5. The number of hydrogen-bond acceptors (Lipinski definition) is 6. The van der Waals surface area contributed by atoms with Crippen molar-refractivity contribution < 1.29 is 18.9 Å². The second-order valence-corrected chi connectivity index (χ2v) is 11.8. The number of carbonyl (C=O) groups excluding carboxylic acids is 1. The lowest BCUT2D eigenvalue weighted by molar-refractivity contribution is -0.125. The Bertz CT molecular complexity index is 1110. The van der Waals surface area contributed by atoms with Gasteiger partial charge in [0.2, 0.25) is 0 Å². The largest absolute Gasteiger partial charge is 0.383 e. The Morgan fingerprint density at radius 1 is 1.00 bits per heavy atom.